The van der Waals surface area contributed by atoms with Crippen molar-refractivity contribution in [3.8, 4) is 34.0 Å². The van der Waals surface area contributed by atoms with Gasteiger partial charge in [0.1, 0.15) is 17.6 Å². The fourth-order valence-electron chi connectivity index (χ4n) is 4.53. The summed E-state index contributed by atoms with van der Waals surface area (Å²) in [6.45, 7) is 1.90. The van der Waals surface area contributed by atoms with Gasteiger partial charge >= 0.3 is 0 Å². The Morgan fingerprint density at radius 2 is 1.86 bits per heavy atom. The molecule has 4 heterocycles. The number of rotatable bonds is 4. The Morgan fingerprint density at radius 1 is 1.03 bits per heavy atom. The zero-order chi connectivity index (χ0) is 19.8. The van der Waals surface area contributed by atoms with Crippen LogP contribution in [-0.2, 0) is 0 Å². The van der Waals surface area contributed by atoms with Gasteiger partial charge in [0.25, 0.3) is 0 Å². The lowest BCUT2D eigenvalue weighted by Gasteiger charge is -2.39. The van der Waals surface area contributed by atoms with Crippen LogP contribution in [0.3, 0.4) is 0 Å². The molecule has 2 N–H and O–H groups in total. The average molecular weight is 391 g/mol. The highest BCUT2D eigenvalue weighted by Gasteiger charge is 2.32. The van der Waals surface area contributed by atoms with Crippen LogP contribution in [0.1, 0.15) is 37.9 Å². The molecule has 0 saturated carbocycles. The molecule has 3 aromatic rings. The molecule has 6 heteroatoms. The lowest BCUT2D eigenvalue weighted by molar-refractivity contribution is 0.0881. The lowest BCUT2D eigenvalue weighted by atomic mass is 9.85. The largest absolute Gasteiger partial charge is 0.507 e. The number of hydrogen-bond acceptors (Lipinski definition) is 6. The zero-order valence-corrected chi connectivity index (χ0v) is 16.5. The molecule has 2 saturated heterocycles. The number of aromatic hydroxyl groups is 1. The van der Waals surface area contributed by atoms with Gasteiger partial charge in [0, 0.05) is 29.3 Å². The molecule has 150 valence electrons. The molecule has 0 amide bonds. The maximum absolute atomic E-state index is 10.5. The number of aromatic nitrogens is 2. The summed E-state index contributed by atoms with van der Waals surface area (Å²) in [5.41, 5.74) is 3.09. The molecule has 0 aliphatic carbocycles. The summed E-state index contributed by atoms with van der Waals surface area (Å²) in [5.74, 6) is 1.54. The topological polar surface area (TPSA) is 80.4 Å². The van der Waals surface area contributed by atoms with Crippen LogP contribution in [0.2, 0.25) is 0 Å². The van der Waals surface area contributed by atoms with Gasteiger partial charge in [-0.2, -0.15) is 0 Å². The van der Waals surface area contributed by atoms with E-state index >= 15 is 0 Å². The van der Waals surface area contributed by atoms with Crippen LogP contribution < -0.4 is 10.1 Å². The maximum Gasteiger partial charge on any atom is 0.233 e. The third-order valence-corrected chi connectivity index (χ3v) is 5.94. The van der Waals surface area contributed by atoms with Crippen LogP contribution in [0.25, 0.3) is 22.4 Å². The number of piperidine rings is 2. The smallest absolute Gasteiger partial charge is 0.233 e. The Kier molecular flexibility index (Phi) is 4.72. The normalized spacial score (nSPS) is 23.7. The highest BCUT2D eigenvalue weighted by atomic mass is 16.5. The maximum atomic E-state index is 10.5. The Balaban J connectivity index is 1.30. The number of furan rings is 1. The Labute approximate surface area is 169 Å². The van der Waals surface area contributed by atoms with Gasteiger partial charge in [0.05, 0.1) is 12.0 Å². The standard InChI is InChI=1S/C23H25N3O3/c1-14-9-16(13-28-14)15-5-6-20(22(27)10-15)21-7-8-23(26-25-21)29-19-11-17-3-2-4-18(12-19)24-17/h5-10,13,17-19,24,27H,2-4,11-12H2,1H3. The first kappa shape index (κ1) is 18.2. The number of phenolic OH excluding ortho intramolecular Hbond substituents is 1. The van der Waals surface area contributed by atoms with Crippen molar-refractivity contribution >= 4 is 0 Å². The van der Waals surface area contributed by atoms with E-state index in [0.29, 0.717) is 29.2 Å². The number of ether oxygens (including phenoxy) is 1. The molecule has 0 spiro atoms. The average Bonchev–Trinajstić information content (AvgIpc) is 3.15. The van der Waals surface area contributed by atoms with E-state index in [9.17, 15) is 5.11 Å². The van der Waals surface area contributed by atoms with Gasteiger partial charge < -0.3 is 19.6 Å². The highest BCUT2D eigenvalue weighted by molar-refractivity contribution is 5.74. The van der Waals surface area contributed by atoms with Gasteiger partial charge in [0.2, 0.25) is 5.88 Å². The van der Waals surface area contributed by atoms with E-state index in [4.69, 9.17) is 9.15 Å². The fourth-order valence-corrected chi connectivity index (χ4v) is 4.53. The molecular weight excluding hydrogens is 366 g/mol. The molecule has 6 nitrogen and oxygen atoms in total. The number of nitrogens with one attached hydrogen (secondary N) is 1. The van der Waals surface area contributed by atoms with Crippen molar-refractivity contribution in [2.24, 2.45) is 0 Å². The second kappa shape index (κ2) is 7.52. The third kappa shape index (κ3) is 3.85. The first-order chi connectivity index (χ1) is 14.1. The van der Waals surface area contributed by atoms with E-state index in [2.05, 4.69) is 15.5 Å². The number of phenols is 1. The van der Waals surface area contributed by atoms with E-state index in [-0.39, 0.29) is 11.9 Å². The molecule has 1 aromatic carbocycles. The number of hydrogen-bond donors (Lipinski definition) is 2. The summed E-state index contributed by atoms with van der Waals surface area (Å²) in [5, 5.41) is 22.7. The SMILES string of the molecule is Cc1cc(-c2ccc(-c3ccc(OC4CC5CCCC(C4)N5)nn3)c(O)c2)co1. The van der Waals surface area contributed by atoms with Gasteiger partial charge in [-0.15, -0.1) is 10.2 Å². The second-order valence-corrected chi connectivity index (χ2v) is 8.14. The quantitative estimate of drug-likeness (QED) is 0.683. The molecule has 29 heavy (non-hydrogen) atoms. The number of benzene rings is 1. The Morgan fingerprint density at radius 3 is 2.52 bits per heavy atom. The molecular formula is C23H25N3O3. The van der Waals surface area contributed by atoms with Crippen LogP contribution in [0.4, 0.5) is 0 Å². The van der Waals surface area contributed by atoms with Gasteiger partial charge in [-0.05, 0) is 62.4 Å². The summed E-state index contributed by atoms with van der Waals surface area (Å²) in [6.07, 6.45) is 7.70. The third-order valence-electron chi connectivity index (χ3n) is 5.94. The monoisotopic (exact) mass is 391 g/mol. The summed E-state index contributed by atoms with van der Waals surface area (Å²) >= 11 is 0. The number of fused-ring (bicyclic) bond motifs is 2. The van der Waals surface area contributed by atoms with E-state index in [1.54, 1.807) is 12.3 Å². The first-order valence-corrected chi connectivity index (χ1v) is 10.3. The van der Waals surface area contributed by atoms with Crippen molar-refractivity contribution < 1.29 is 14.3 Å². The van der Waals surface area contributed by atoms with Crippen LogP contribution in [0.15, 0.2) is 47.1 Å². The van der Waals surface area contributed by atoms with Crippen LogP contribution in [-0.4, -0.2) is 33.5 Å². The van der Waals surface area contributed by atoms with E-state index < -0.39 is 0 Å². The van der Waals surface area contributed by atoms with E-state index in [1.807, 2.05) is 37.3 Å². The summed E-state index contributed by atoms with van der Waals surface area (Å²) in [7, 11) is 0. The van der Waals surface area contributed by atoms with Gasteiger partial charge in [-0.1, -0.05) is 12.5 Å². The van der Waals surface area contributed by atoms with Crippen molar-refractivity contribution in [3.63, 3.8) is 0 Å². The van der Waals surface area contributed by atoms with Crippen molar-refractivity contribution in [2.45, 2.75) is 57.2 Å². The van der Waals surface area contributed by atoms with Gasteiger partial charge in [0.15, 0.2) is 0 Å². The fraction of sp³-hybridized carbons (Fsp3) is 0.391. The van der Waals surface area contributed by atoms with Crippen molar-refractivity contribution in [2.75, 3.05) is 0 Å². The first-order valence-electron chi connectivity index (χ1n) is 10.3. The van der Waals surface area contributed by atoms with Gasteiger partial charge in [-0.3, -0.25) is 0 Å². The molecule has 0 radical (unpaired) electrons. The molecule has 2 fully saturated rings. The van der Waals surface area contributed by atoms with Crippen LogP contribution >= 0.6 is 0 Å². The summed E-state index contributed by atoms with van der Waals surface area (Å²) in [4.78, 5) is 0. The van der Waals surface area contributed by atoms with Gasteiger partial charge in [-0.25, -0.2) is 0 Å². The zero-order valence-electron chi connectivity index (χ0n) is 16.5. The molecule has 2 aliphatic heterocycles. The van der Waals surface area contributed by atoms with Crippen molar-refractivity contribution in [1.29, 1.82) is 0 Å². The summed E-state index contributed by atoms with van der Waals surface area (Å²) in [6, 6.07) is 12.3. The van der Waals surface area contributed by atoms with Crippen molar-refractivity contribution in [1.82, 2.24) is 15.5 Å². The minimum Gasteiger partial charge on any atom is -0.507 e. The van der Waals surface area contributed by atoms with Crippen LogP contribution in [0.5, 0.6) is 11.6 Å². The number of nitrogens with zero attached hydrogens (tertiary/aromatic N) is 2. The lowest BCUT2D eigenvalue weighted by Crippen LogP contribution is -2.51. The second-order valence-electron chi connectivity index (χ2n) is 8.14. The Bertz CT molecular complexity index is 987. The molecule has 2 atom stereocenters. The van der Waals surface area contributed by atoms with E-state index in [1.165, 1.54) is 19.3 Å². The highest BCUT2D eigenvalue weighted by Crippen LogP contribution is 2.33. The summed E-state index contributed by atoms with van der Waals surface area (Å²) < 4.78 is 11.5. The molecule has 5 rings (SSSR count). The predicted molar refractivity (Wildman–Crippen MR) is 110 cm³/mol. The van der Waals surface area contributed by atoms with Crippen LogP contribution in [0, 0.1) is 6.92 Å². The van der Waals surface area contributed by atoms with E-state index in [0.717, 1.165) is 29.7 Å². The molecule has 2 bridgehead atoms. The Hall–Kier alpha value is -2.86. The minimum absolute atomic E-state index is 0.163. The molecule has 2 aromatic heterocycles. The number of aryl methyl sites for hydroxylation is 1. The molecule has 2 unspecified atom stereocenters. The van der Waals surface area contributed by atoms with Crippen molar-refractivity contribution in [3.05, 3.63) is 48.4 Å². The predicted octanol–water partition coefficient (Wildman–Crippen LogP) is 4.47. The minimum atomic E-state index is 0.163. The molecule has 2 aliphatic rings.